The van der Waals surface area contributed by atoms with E-state index in [1.807, 2.05) is 0 Å². The second kappa shape index (κ2) is 13.9. The zero-order valence-electron chi connectivity index (χ0n) is 33.0. The molecule has 0 radical (unpaired) electrons. The van der Waals surface area contributed by atoms with E-state index >= 15 is 0 Å². The van der Waals surface area contributed by atoms with E-state index in [2.05, 4.69) is 220 Å². The lowest BCUT2D eigenvalue weighted by Crippen LogP contribution is -2.15. The van der Waals surface area contributed by atoms with Crippen molar-refractivity contribution in [3.05, 3.63) is 217 Å². The number of rotatable bonds is 6. The normalized spacial score (nSPS) is 12.7. The van der Waals surface area contributed by atoms with Crippen molar-refractivity contribution in [2.45, 2.75) is 19.3 Å². The summed E-state index contributed by atoms with van der Waals surface area (Å²) in [6, 6.07) is 74.2. The van der Waals surface area contributed by atoms with E-state index in [4.69, 9.17) is 9.97 Å². The molecule has 9 aromatic carbocycles. The van der Waals surface area contributed by atoms with Crippen molar-refractivity contribution in [3.63, 3.8) is 0 Å². The molecule has 2 nitrogen and oxygen atoms in total. The van der Waals surface area contributed by atoms with Crippen LogP contribution in [0.25, 0.3) is 100.0 Å². The monoisotopic (exact) mass is 752 g/mol. The number of fused-ring (bicyclic) bond motifs is 6. The highest BCUT2D eigenvalue weighted by Crippen LogP contribution is 2.52. The third-order valence-electron chi connectivity index (χ3n) is 12.3. The minimum Gasteiger partial charge on any atom is -0.228 e. The van der Waals surface area contributed by atoms with E-state index in [9.17, 15) is 0 Å². The summed E-state index contributed by atoms with van der Waals surface area (Å²) in [5, 5.41) is 4.93. The maximum atomic E-state index is 5.35. The van der Waals surface area contributed by atoms with Crippen LogP contribution in [0.2, 0.25) is 0 Å². The van der Waals surface area contributed by atoms with Crippen LogP contribution in [0, 0.1) is 0 Å². The Balaban J connectivity index is 1.05. The molecule has 0 N–H and O–H groups in total. The molecule has 10 aromatic rings. The van der Waals surface area contributed by atoms with E-state index in [0.717, 1.165) is 39.0 Å². The molecule has 0 atom stereocenters. The SMILES string of the molecule is CC1(C)c2cc(-c3ccc(-c4nc(-c5ccc(-c6ccccc6)cc5)cc(-c5cccc(-c6ccccc6)c5)n4)c4ccccc34)ccc2-c2ccc3ccccc3c21. The molecule has 1 aliphatic rings. The van der Waals surface area contributed by atoms with Crippen LogP contribution in [-0.2, 0) is 5.41 Å². The van der Waals surface area contributed by atoms with E-state index < -0.39 is 0 Å². The van der Waals surface area contributed by atoms with E-state index in [0.29, 0.717) is 5.82 Å². The Morgan fingerprint density at radius 3 is 1.58 bits per heavy atom. The summed E-state index contributed by atoms with van der Waals surface area (Å²) in [5.74, 6) is 0.704. The minimum absolute atomic E-state index is 0.140. The first kappa shape index (κ1) is 34.8. The molecular weight excluding hydrogens is 713 g/mol. The van der Waals surface area contributed by atoms with Crippen LogP contribution in [0.4, 0.5) is 0 Å². The van der Waals surface area contributed by atoms with Gasteiger partial charge in [0.25, 0.3) is 0 Å². The summed E-state index contributed by atoms with van der Waals surface area (Å²) >= 11 is 0. The number of hydrogen-bond donors (Lipinski definition) is 0. The van der Waals surface area contributed by atoms with Gasteiger partial charge in [-0.3, -0.25) is 0 Å². The third-order valence-corrected chi connectivity index (χ3v) is 12.3. The van der Waals surface area contributed by atoms with Crippen LogP contribution in [0.5, 0.6) is 0 Å². The average Bonchev–Trinajstić information content (AvgIpc) is 3.54. The van der Waals surface area contributed by atoms with Crippen LogP contribution >= 0.6 is 0 Å². The highest BCUT2D eigenvalue weighted by molar-refractivity contribution is 6.05. The molecule has 0 saturated heterocycles. The van der Waals surface area contributed by atoms with Crippen molar-refractivity contribution in [3.8, 4) is 78.4 Å². The molecule has 1 aromatic heterocycles. The van der Waals surface area contributed by atoms with Gasteiger partial charge in [0.1, 0.15) is 0 Å². The van der Waals surface area contributed by atoms with Crippen LogP contribution in [-0.4, -0.2) is 9.97 Å². The van der Waals surface area contributed by atoms with Crippen LogP contribution < -0.4 is 0 Å². The van der Waals surface area contributed by atoms with Crippen LogP contribution in [0.15, 0.2) is 206 Å². The lowest BCUT2D eigenvalue weighted by Gasteiger charge is -2.24. The van der Waals surface area contributed by atoms with E-state index in [1.54, 1.807) is 0 Å². The van der Waals surface area contributed by atoms with Crippen molar-refractivity contribution < 1.29 is 0 Å². The first-order valence-corrected chi connectivity index (χ1v) is 20.4. The van der Waals surface area contributed by atoms with Crippen molar-refractivity contribution in [1.29, 1.82) is 0 Å². The number of hydrogen-bond acceptors (Lipinski definition) is 2. The summed E-state index contributed by atoms with van der Waals surface area (Å²) in [6.07, 6.45) is 0. The van der Waals surface area contributed by atoms with Crippen molar-refractivity contribution in [2.75, 3.05) is 0 Å². The van der Waals surface area contributed by atoms with Gasteiger partial charge in [-0.2, -0.15) is 0 Å². The van der Waals surface area contributed by atoms with Gasteiger partial charge in [0.05, 0.1) is 11.4 Å². The molecule has 1 aliphatic carbocycles. The van der Waals surface area contributed by atoms with Gasteiger partial charge >= 0.3 is 0 Å². The molecule has 0 bridgehead atoms. The van der Waals surface area contributed by atoms with Gasteiger partial charge in [0.2, 0.25) is 0 Å². The summed E-state index contributed by atoms with van der Waals surface area (Å²) in [6.45, 7) is 4.75. The minimum atomic E-state index is -0.140. The lowest BCUT2D eigenvalue weighted by molar-refractivity contribution is 0.666. The van der Waals surface area contributed by atoms with Crippen molar-refractivity contribution >= 4 is 21.5 Å². The third kappa shape index (κ3) is 5.96. The van der Waals surface area contributed by atoms with Gasteiger partial charge in [-0.1, -0.05) is 196 Å². The summed E-state index contributed by atoms with van der Waals surface area (Å²) < 4.78 is 0. The largest absolute Gasteiger partial charge is 0.228 e. The second-order valence-corrected chi connectivity index (χ2v) is 16.2. The Morgan fingerprint density at radius 2 is 0.831 bits per heavy atom. The Bertz CT molecular complexity index is 3220. The Hall–Kier alpha value is -7.42. The fraction of sp³-hybridized carbons (Fsp3) is 0.0526. The lowest BCUT2D eigenvalue weighted by atomic mass is 9.79. The highest BCUT2D eigenvalue weighted by Gasteiger charge is 2.37. The Morgan fingerprint density at radius 1 is 0.322 bits per heavy atom. The van der Waals surface area contributed by atoms with Gasteiger partial charge in [-0.25, -0.2) is 9.97 Å². The van der Waals surface area contributed by atoms with Gasteiger partial charge < -0.3 is 0 Å². The molecule has 0 amide bonds. The summed E-state index contributed by atoms with van der Waals surface area (Å²) in [4.78, 5) is 10.7. The molecule has 0 aliphatic heterocycles. The number of nitrogens with zero attached hydrogens (tertiary/aromatic N) is 2. The molecule has 0 unspecified atom stereocenters. The maximum Gasteiger partial charge on any atom is 0.161 e. The van der Waals surface area contributed by atoms with Crippen molar-refractivity contribution in [2.24, 2.45) is 0 Å². The van der Waals surface area contributed by atoms with Crippen LogP contribution in [0.3, 0.4) is 0 Å². The first-order valence-electron chi connectivity index (χ1n) is 20.4. The highest BCUT2D eigenvalue weighted by atomic mass is 14.9. The second-order valence-electron chi connectivity index (χ2n) is 16.2. The molecule has 0 fully saturated rings. The molecular formula is C57H40N2. The molecule has 0 spiro atoms. The number of benzene rings is 9. The predicted molar refractivity (Wildman–Crippen MR) is 247 cm³/mol. The summed E-state index contributed by atoms with van der Waals surface area (Å²) in [7, 11) is 0. The van der Waals surface area contributed by atoms with Gasteiger partial charge in [-0.15, -0.1) is 0 Å². The van der Waals surface area contributed by atoms with Crippen molar-refractivity contribution in [1.82, 2.24) is 9.97 Å². The Kier molecular flexibility index (Phi) is 8.20. The fourth-order valence-electron chi connectivity index (χ4n) is 9.33. The molecule has 278 valence electrons. The van der Waals surface area contributed by atoms with Gasteiger partial charge in [0.15, 0.2) is 5.82 Å². The number of aromatic nitrogens is 2. The van der Waals surface area contributed by atoms with Crippen LogP contribution in [0.1, 0.15) is 25.0 Å². The quantitative estimate of drug-likeness (QED) is 0.169. The fourth-order valence-corrected chi connectivity index (χ4v) is 9.33. The van der Waals surface area contributed by atoms with E-state index in [1.165, 1.54) is 66.2 Å². The molecule has 59 heavy (non-hydrogen) atoms. The zero-order chi connectivity index (χ0) is 39.5. The average molecular weight is 753 g/mol. The predicted octanol–water partition coefficient (Wildman–Crippen LogP) is 15.1. The zero-order valence-corrected chi connectivity index (χ0v) is 33.0. The standard InChI is InChI=1S/C57H40N2/c1-57(2)52-35-43(29-30-49(52)50-31-28-40-18-9-10-21-46(40)55(50)57)45-32-33-51(48-23-12-11-22-47(45)48)56-58-53(41-26-24-39(25-27-41)37-14-5-3-6-15-37)36-54(59-56)44-20-13-19-42(34-44)38-16-7-4-8-17-38/h3-36H,1-2H3. The van der Waals surface area contributed by atoms with E-state index in [-0.39, 0.29) is 5.41 Å². The molecule has 1 heterocycles. The van der Waals surface area contributed by atoms with Gasteiger partial charge in [0, 0.05) is 22.1 Å². The molecule has 0 saturated carbocycles. The Labute approximate surface area is 345 Å². The van der Waals surface area contributed by atoms with Gasteiger partial charge in [-0.05, 0) is 101 Å². The topological polar surface area (TPSA) is 25.8 Å². The summed E-state index contributed by atoms with van der Waals surface area (Å²) in [5.41, 5.74) is 17.3. The molecule has 2 heteroatoms. The first-order chi connectivity index (χ1) is 29.0. The maximum absolute atomic E-state index is 5.35. The molecule has 11 rings (SSSR count). The smallest absolute Gasteiger partial charge is 0.161 e.